The lowest BCUT2D eigenvalue weighted by atomic mass is 9.84. The SMILES string of the molecule is Cl.NC(=O)CNC(=O)c1cccc(NC(=O)C2C3CCC(C3)C2N)c1. The Labute approximate surface area is 152 Å². The van der Waals surface area contributed by atoms with Crippen LogP contribution < -0.4 is 22.1 Å². The van der Waals surface area contributed by atoms with Gasteiger partial charge in [-0.05, 0) is 49.3 Å². The molecule has 0 saturated heterocycles. The van der Waals surface area contributed by atoms with Crippen LogP contribution >= 0.6 is 12.4 Å². The van der Waals surface area contributed by atoms with Crippen molar-refractivity contribution in [2.24, 2.45) is 29.2 Å². The van der Waals surface area contributed by atoms with Crippen molar-refractivity contribution in [1.82, 2.24) is 5.32 Å². The first-order valence-electron chi connectivity index (χ1n) is 8.18. The average molecular weight is 367 g/mol. The molecule has 25 heavy (non-hydrogen) atoms. The van der Waals surface area contributed by atoms with Crippen molar-refractivity contribution in [3.8, 4) is 0 Å². The van der Waals surface area contributed by atoms with E-state index < -0.39 is 11.8 Å². The van der Waals surface area contributed by atoms with Crippen LogP contribution in [0.3, 0.4) is 0 Å². The number of halogens is 1. The minimum Gasteiger partial charge on any atom is -0.368 e. The Kier molecular flexibility index (Phi) is 6.02. The molecule has 1 aromatic rings. The Morgan fingerprint density at radius 3 is 2.52 bits per heavy atom. The molecule has 8 heteroatoms. The maximum Gasteiger partial charge on any atom is 0.251 e. The number of nitrogens with one attached hydrogen (secondary N) is 2. The van der Waals surface area contributed by atoms with E-state index in [-0.39, 0.29) is 36.8 Å². The Bertz CT molecular complexity index is 680. The number of hydrogen-bond acceptors (Lipinski definition) is 4. The lowest BCUT2D eigenvalue weighted by Gasteiger charge is -2.27. The van der Waals surface area contributed by atoms with Crippen LogP contribution in [0.15, 0.2) is 24.3 Å². The molecule has 6 N–H and O–H groups in total. The number of carbonyl (C=O) groups is 3. The summed E-state index contributed by atoms with van der Waals surface area (Å²) in [5, 5.41) is 5.29. The van der Waals surface area contributed by atoms with Crippen LogP contribution in [0.2, 0.25) is 0 Å². The van der Waals surface area contributed by atoms with E-state index in [0.717, 1.165) is 19.3 Å². The topological polar surface area (TPSA) is 127 Å². The first-order chi connectivity index (χ1) is 11.5. The van der Waals surface area contributed by atoms with Crippen molar-refractivity contribution in [1.29, 1.82) is 0 Å². The standard InChI is InChI=1S/C17H22N4O3.ClH/c18-13(22)8-20-16(23)11-2-1-3-12(7-11)21-17(24)14-9-4-5-10(6-9)15(14)19;/h1-3,7,9-10,14-15H,4-6,8,19H2,(H2,18,22)(H,20,23)(H,21,24);1H. The van der Waals surface area contributed by atoms with E-state index in [1.165, 1.54) is 0 Å². The van der Waals surface area contributed by atoms with Crippen LogP contribution in [0.5, 0.6) is 0 Å². The van der Waals surface area contributed by atoms with E-state index in [1.54, 1.807) is 24.3 Å². The van der Waals surface area contributed by atoms with Gasteiger partial charge in [-0.25, -0.2) is 0 Å². The summed E-state index contributed by atoms with van der Waals surface area (Å²) in [6.07, 6.45) is 3.21. The summed E-state index contributed by atoms with van der Waals surface area (Å²) in [4.78, 5) is 35.2. The van der Waals surface area contributed by atoms with Gasteiger partial charge >= 0.3 is 0 Å². The van der Waals surface area contributed by atoms with Gasteiger partial charge in [-0.1, -0.05) is 6.07 Å². The van der Waals surface area contributed by atoms with Gasteiger partial charge in [-0.3, -0.25) is 14.4 Å². The van der Waals surface area contributed by atoms with Crippen LogP contribution in [-0.4, -0.2) is 30.3 Å². The van der Waals surface area contributed by atoms with E-state index in [1.807, 2.05) is 0 Å². The quantitative estimate of drug-likeness (QED) is 0.609. The summed E-state index contributed by atoms with van der Waals surface area (Å²) in [5.41, 5.74) is 12.1. The van der Waals surface area contributed by atoms with Crippen LogP contribution in [0.25, 0.3) is 0 Å². The highest BCUT2D eigenvalue weighted by Gasteiger charge is 2.49. The highest BCUT2D eigenvalue weighted by Crippen LogP contribution is 2.47. The second-order valence-electron chi connectivity index (χ2n) is 6.66. The molecule has 2 fully saturated rings. The van der Waals surface area contributed by atoms with Gasteiger partial charge < -0.3 is 22.1 Å². The fourth-order valence-corrected chi connectivity index (χ4v) is 3.96. The fraction of sp³-hybridized carbons (Fsp3) is 0.471. The predicted octanol–water partition coefficient (Wildman–Crippen LogP) is 0.635. The summed E-state index contributed by atoms with van der Waals surface area (Å²) < 4.78 is 0. The van der Waals surface area contributed by atoms with Gasteiger partial charge in [-0.15, -0.1) is 12.4 Å². The van der Waals surface area contributed by atoms with Crippen molar-refractivity contribution in [3.05, 3.63) is 29.8 Å². The molecule has 0 spiro atoms. The largest absolute Gasteiger partial charge is 0.368 e. The molecular formula is C17H23ClN4O3. The summed E-state index contributed by atoms with van der Waals surface area (Å²) in [6, 6.07) is 6.50. The van der Waals surface area contributed by atoms with E-state index in [4.69, 9.17) is 11.5 Å². The molecule has 0 aliphatic heterocycles. The number of rotatable bonds is 5. The molecular weight excluding hydrogens is 344 g/mol. The normalized spacial score (nSPS) is 26.6. The molecule has 0 aromatic heterocycles. The number of amides is 3. The third kappa shape index (κ3) is 4.11. The number of nitrogens with two attached hydrogens (primary N) is 2. The highest BCUT2D eigenvalue weighted by molar-refractivity contribution is 5.99. The summed E-state index contributed by atoms with van der Waals surface area (Å²) in [5.74, 6) is -0.441. The molecule has 0 radical (unpaired) electrons. The lowest BCUT2D eigenvalue weighted by molar-refractivity contribution is -0.121. The monoisotopic (exact) mass is 366 g/mol. The molecule has 3 amide bonds. The van der Waals surface area contributed by atoms with Gasteiger partial charge in [0.15, 0.2) is 0 Å². The van der Waals surface area contributed by atoms with E-state index >= 15 is 0 Å². The zero-order chi connectivity index (χ0) is 17.3. The third-order valence-electron chi connectivity index (χ3n) is 5.10. The summed E-state index contributed by atoms with van der Waals surface area (Å²) >= 11 is 0. The Morgan fingerprint density at radius 1 is 1.16 bits per heavy atom. The van der Waals surface area contributed by atoms with Crippen LogP contribution in [-0.2, 0) is 9.59 Å². The zero-order valence-electron chi connectivity index (χ0n) is 13.7. The fourth-order valence-electron chi connectivity index (χ4n) is 3.96. The van der Waals surface area contributed by atoms with Crippen LogP contribution in [0.1, 0.15) is 29.6 Å². The lowest BCUT2D eigenvalue weighted by Crippen LogP contribution is -2.42. The smallest absolute Gasteiger partial charge is 0.251 e. The first-order valence-corrected chi connectivity index (χ1v) is 8.18. The summed E-state index contributed by atoms with van der Waals surface area (Å²) in [7, 11) is 0. The molecule has 4 unspecified atom stereocenters. The highest BCUT2D eigenvalue weighted by atomic mass is 35.5. The number of benzene rings is 1. The van der Waals surface area contributed by atoms with Crippen molar-refractivity contribution in [2.45, 2.75) is 25.3 Å². The van der Waals surface area contributed by atoms with Crippen LogP contribution in [0.4, 0.5) is 5.69 Å². The third-order valence-corrected chi connectivity index (χ3v) is 5.10. The molecule has 4 atom stereocenters. The van der Waals surface area contributed by atoms with E-state index in [2.05, 4.69) is 10.6 Å². The van der Waals surface area contributed by atoms with E-state index in [0.29, 0.717) is 23.1 Å². The Hall–Kier alpha value is -2.12. The van der Waals surface area contributed by atoms with Gasteiger partial charge in [-0.2, -0.15) is 0 Å². The number of hydrogen-bond donors (Lipinski definition) is 4. The molecule has 0 heterocycles. The second kappa shape index (κ2) is 7.84. The first kappa shape index (κ1) is 19.2. The minimum atomic E-state index is -0.613. The maximum absolute atomic E-state index is 12.6. The number of carbonyl (C=O) groups excluding carboxylic acids is 3. The molecule has 2 aliphatic carbocycles. The molecule has 2 saturated carbocycles. The zero-order valence-corrected chi connectivity index (χ0v) is 14.6. The van der Waals surface area contributed by atoms with Gasteiger partial charge in [0.1, 0.15) is 0 Å². The molecule has 2 aliphatic rings. The van der Waals surface area contributed by atoms with Crippen LogP contribution in [0, 0.1) is 17.8 Å². The molecule has 2 bridgehead atoms. The van der Waals surface area contributed by atoms with Crippen molar-refractivity contribution in [3.63, 3.8) is 0 Å². The van der Waals surface area contributed by atoms with E-state index in [9.17, 15) is 14.4 Å². The minimum absolute atomic E-state index is 0. The number of anilines is 1. The Morgan fingerprint density at radius 2 is 1.88 bits per heavy atom. The number of primary amides is 1. The number of fused-ring (bicyclic) bond motifs is 2. The maximum atomic E-state index is 12.6. The van der Waals surface area contributed by atoms with Gasteiger partial charge in [0.25, 0.3) is 5.91 Å². The molecule has 136 valence electrons. The van der Waals surface area contributed by atoms with Crippen molar-refractivity contribution >= 4 is 35.8 Å². The van der Waals surface area contributed by atoms with Crippen molar-refractivity contribution in [2.75, 3.05) is 11.9 Å². The van der Waals surface area contributed by atoms with Gasteiger partial charge in [0.2, 0.25) is 11.8 Å². The van der Waals surface area contributed by atoms with Crippen molar-refractivity contribution < 1.29 is 14.4 Å². The van der Waals surface area contributed by atoms with Gasteiger partial charge in [0, 0.05) is 17.3 Å². The van der Waals surface area contributed by atoms with Gasteiger partial charge in [0.05, 0.1) is 12.5 Å². The molecule has 7 nitrogen and oxygen atoms in total. The Balaban J connectivity index is 0.00000225. The molecule has 1 aromatic carbocycles. The second-order valence-corrected chi connectivity index (χ2v) is 6.66. The summed E-state index contributed by atoms with van der Waals surface area (Å²) in [6.45, 7) is -0.227. The molecule has 3 rings (SSSR count). The average Bonchev–Trinajstić information content (AvgIpc) is 3.13. The predicted molar refractivity (Wildman–Crippen MR) is 96.1 cm³/mol.